The number of halogens is 1. The summed E-state index contributed by atoms with van der Waals surface area (Å²) < 4.78 is 1.16. The lowest BCUT2D eigenvalue weighted by Gasteiger charge is -2.12. The van der Waals surface area contributed by atoms with Crippen LogP contribution in [0.5, 0.6) is 0 Å². The molecule has 0 N–H and O–H groups in total. The zero-order valence-electron chi connectivity index (χ0n) is 11.2. The summed E-state index contributed by atoms with van der Waals surface area (Å²) in [4.78, 5) is 0. The Kier molecular flexibility index (Phi) is 2.61. The van der Waals surface area contributed by atoms with Crippen LogP contribution in [-0.4, -0.2) is 7.85 Å². The van der Waals surface area contributed by atoms with Gasteiger partial charge in [-0.1, -0.05) is 76.0 Å². The van der Waals surface area contributed by atoms with E-state index in [2.05, 4.69) is 84.4 Å². The van der Waals surface area contributed by atoms with E-state index >= 15 is 0 Å². The Morgan fingerprint density at radius 3 is 1.95 bits per heavy atom. The topological polar surface area (TPSA) is 0 Å². The molecular weight excluding hydrogens is 307 g/mol. The van der Waals surface area contributed by atoms with Crippen LogP contribution >= 0.6 is 15.9 Å². The average Bonchev–Trinajstić information content (AvgIpc) is 2.47. The Bertz CT molecular complexity index is 896. The first-order valence-corrected chi connectivity index (χ1v) is 7.54. The fraction of sp³-hybridized carbons (Fsp3) is 0. The highest BCUT2D eigenvalue weighted by Crippen LogP contribution is 2.35. The van der Waals surface area contributed by atoms with Crippen molar-refractivity contribution in [1.29, 1.82) is 0 Å². The van der Waals surface area contributed by atoms with Crippen molar-refractivity contribution in [3.63, 3.8) is 0 Å². The van der Waals surface area contributed by atoms with Crippen LogP contribution in [0.4, 0.5) is 0 Å². The van der Waals surface area contributed by atoms with Gasteiger partial charge in [0.2, 0.25) is 0 Å². The molecular formula is C18H12BBr. The molecule has 0 aliphatic carbocycles. The molecule has 0 amide bonds. The predicted octanol–water partition coefficient (Wildman–Crippen LogP) is 4.17. The lowest BCUT2D eigenvalue weighted by Crippen LogP contribution is -2.03. The third-order valence-corrected chi connectivity index (χ3v) is 4.67. The molecule has 0 heterocycles. The van der Waals surface area contributed by atoms with Crippen LogP contribution in [0.1, 0.15) is 0 Å². The quantitative estimate of drug-likeness (QED) is 0.337. The van der Waals surface area contributed by atoms with Gasteiger partial charge in [-0.3, -0.25) is 0 Å². The van der Waals surface area contributed by atoms with Gasteiger partial charge in [0.25, 0.3) is 0 Å². The van der Waals surface area contributed by atoms with Gasteiger partial charge < -0.3 is 0 Å². The van der Waals surface area contributed by atoms with E-state index in [9.17, 15) is 0 Å². The molecule has 0 unspecified atom stereocenters. The Balaban J connectivity index is 2.40. The fourth-order valence-corrected chi connectivity index (χ4v) is 3.71. The average molecular weight is 319 g/mol. The smallest absolute Gasteiger partial charge is 0.0806 e. The zero-order chi connectivity index (χ0) is 13.7. The first-order valence-electron chi connectivity index (χ1n) is 6.75. The van der Waals surface area contributed by atoms with Gasteiger partial charge in [0.15, 0.2) is 0 Å². The number of rotatable bonds is 0. The number of benzene rings is 4. The molecule has 0 radical (unpaired) electrons. The Morgan fingerprint density at radius 1 is 0.700 bits per heavy atom. The summed E-state index contributed by atoms with van der Waals surface area (Å²) in [6.07, 6.45) is 0. The third kappa shape index (κ3) is 1.61. The second-order valence-corrected chi connectivity index (χ2v) is 6.10. The molecule has 0 aliphatic heterocycles. The van der Waals surface area contributed by atoms with E-state index in [4.69, 9.17) is 0 Å². The molecule has 0 atom stereocenters. The highest BCUT2D eigenvalue weighted by Gasteiger charge is 2.09. The lowest BCUT2D eigenvalue weighted by molar-refractivity contribution is 1.76. The zero-order valence-corrected chi connectivity index (χ0v) is 12.7. The molecule has 4 aromatic rings. The molecule has 0 saturated carbocycles. The summed E-state index contributed by atoms with van der Waals surface area (Å²) in [5.74, 6) is 0. The van der Waals surface area contributed by atoms with Crippen molar-refractivity contribution < 1.29 is 0 Å². The van der Waals surface area contributed by atoms with E-state index in [0.29, 0.717) is 0 Å². The van der Waals surface area contributed by atoms with Crippen molar-refractivity contribution in [3.05, 3.63) is 65.1 Å². The molecule has 94 valence electrons. The summed E-state index contributed by atoms with van der Waals surface area (Å²) in [7, 11) is 2.19. The van der Waals surface area contributed by atoms with Crippen LogP contribution in [0.3, 0.4) is 0 Å². The standard InChI is InChI=1S/C18H12BBr/c19-16-9-11-10-17(20)13-6-2-4-8-15(13)18(11)14-7-3-1-5-12(14)16/h1-10H,19H2. The molecule has 0 aliphatic rings. The van der Waals surface area contributed by atoms with Crippen LogP contribution < -0.4 is 5.46 Å². The van der Waals surface area contributed by atoms with Crippen molar-refractivity contribution >= 4 is 61.6 Å². The molecule has 0 saturated heterocycles. The minimum atomic E-state index is 1.16. The van der Waals surface area contributed by atoms with Crippen LogP contribution in [0.15, 0.2) is 65.1 Å². The highest BCUT2D eigenvalue weighted by atomic mass is 79.9. The summed E-state index contributed by atoms with van der Waals surface area (Å²) in [5.41, 5.74) is 1.33. The fourth-order valence-electron chi connectivity index (χ4n) is 3.12. The molecule has 2 heteroatoms. The molecule has 0 spiro atoms. The largest absolute Gasteiger partial charge is 0.140 e. The second-order valence-electron chi connectivity index (χ2n) is 5.24. The molecule has 0 aromatic heterocycles. The van der Waals surface area contributed by atoms with Crippen LogP contribution in [0.25, 0.3) is 32.3 Å². The van der Waals surface area contributed by atoms with Gasteiger partial charge in [-0.2, -0.15) is 0 Å². The third-order valence-electron chi connectivity index (χ3n) is 4.02. The van der Waals surface area contributed by atoms with Gasteiger partial charge in [0, 0.05) is 4.47 Å². The number of hydrogen-bond acceptors (Lipinski definition) is 0. The second kappa shape index (κ2) is 4.36. The molecule has 4 rings (SSSR count). The van der Waals surface area contributed by atoms with E-state index < -0.39 is 0 Å². The normalized spacial score (nSPS) is 11.4. The molecule has 4 aromatic carbocycles. The van der Waals surface area contributed by atoms with Crippen molar-refractivity contribution in [2.45, 2.75) is 0 Å². The van der Waals surface area contributed by atoms with Gasteiger partial charge in [-0.15, -0.1) is 0 Å². The van der Waals surface area contributed by atoms with E-state index in [1.165, 1.54) is 37.8 Å². The monoisotopic (exact) mass is 318 g/mol. The maximum atomic E-state index is 3.71. The lowest BCUT2D eigenvalue weighted by atomic mass is 9.85. The Hall–Kier alpha value is -1.80. The Labute approximate surface area is 126 Å². The van der Waals surface area contributed by atoms with Gasteiger partial charge in [-0.05, 0) is 38.4 Å². The van der Waals surface area contributed by atoms with E-state index in [0.717, 1.165) is 4.47 Å². The van der Waals surface area contributed by atoms with Crippen molar-refractivity contribution in [3.8, 4) is 0 Å². The first kappa shape index (κ1) is 12.0. The Morgan fingerprint density at radius 2 is 1.25 bits per heavy atom. The minimum Gasteiger partial charge on any atom is -0.0806 e. The van der Waals surface area contributed by atoms with Crippen LogP contribution in [-0.2, 0) is 0 Å². The maximum absolute atomic E-state index is 3.71. The molecule has 20 heavy (non-hydrogen) atoms. The summed E-state index contributed by atoms with van der Waals surface area (Å²) in [6, 6.07) is 21.8. The first-order chi connectivity index (χ1) is 9.75. The summed E-state index contributed by atoms with van der Waals surface area (Å²) in [5, 5.41) is 7.91. The van der Waals surface area contributed by atoms with Crippen LogP contribution in [0, 0.1) is 0 Å². The van der Waals surface area contributed by atoms with Gasteiger partial charge >= 0.3 is 0 Å². The van der Waals surface area contributed by atoms with Crippen molar-refractivity contribution in [1.82, 2.24) is 0 Å². The molecule has 0 fully saturated rings. The minimum absolute atomic E-state index is 1.16. The van der Waals surface area contributed by atoms with E-state index in [1.54, 1.807) is 0 Å². The van der Waals surface area contributed by atoms with Gasteiger partial charge in [-0.25, -0.2) is 0 Å². The van der Waals surface area contributed by atoms with E-state index in [-0.39, 0.29) is 0 Å². The number of hydrogen-bond donors (Lipinski definition) is 0. The van der Waals surface area contributed by atoms with Crippen molar-refractivity contribution in [2.24, 2.45) is 0 Å². The maximum Gasteiger partial charge on any atom is 0.140 e. The van der Waals surface area contributed by atoms with E-state index in [1.807, 2.05) is 0 Å². The summed E-state index contributed by atoms with van der Waals surface area (Å²) >= 11 is 3.71. The van der Waals surface area contributed by atoms with Crippen LogP contribution in [0.2, 0.25) is 0 Å². The highest BCUT2D eigenvalue weighted by molar-refractivity contribution is 9.10. The summed E-state index contributed by atoms with van der Waals surface area (Å²) in [6.45, 7) is 0. The SMILES string of the molecule is Bc1cc2cc(Br)c3ccccc3c2c2ccccc12. The van der Waals surface area contributed by atoms with Gasteiger partial charge in [0.05, 0.1) is 0 Å². The number of fused-ring (bicyclic) bond motifs is 5. The molecule has 0 nitrogen and oxygen atoms in total. The van der Waals surface area contributed by atoms with Gasteiger partial charge in [0.1, 0.15) is 7.85 Å². The predicted molar refractivity (Wildman–Crippen MR) is 94.8 cm³/mol. The molecule has 0 bridgehead atoms. The van der Waals surface area contributed by atoms with Crippen molar-refractivity contribution in [2.75, 3.05) is 0 Å².